The zero-order chi connectivity index (χ0) is 28.6. The minimum absolute atomic E-state index is 0.0662. The fraction of sp³-hybridized carbons (Fsp3) is 0.500. The van der Waals surface area contributed by atoms with Crippen LogP contribution in [0.4, 0.5) is 5.69 Å². The zero-order valence-electron chi connectivity index (χ0n) is 22.7. The van der Waals surface area contributed by atoms with Crippen molar-refractivity contribution in [2.75, 3.05) is 24.2 Å². The molecule has 39 heavy (non-hydrogen) atoms. The molecule has 1 atom stereocenters. The second kappa shape index (κ2) is 14.2. The molecule has 11 heteroatoms. The lowest BCUT2D eigenvalue weighted by Gasteiger charge is -2.32. The summed E-state index contributed by atoms with van der Waals surface area (Å²) in [7, 11) is -2.16. The number of methoxy groups -OCH3 is 1. The Morgan fingerprint density at radius 2 is 1.77 bits per heavy atom. The molecule has 0 bridgehead atoms. The highest BCUT2D eigenvalue weighted by molar-refractivity contribution is 7.92. The molecule has 214 valence electrons. The number of anilines is 1. The van der Waals surface area contributed by atoms with Crippen LogP contribution in [0, 0.1) is 0 Å². The summed E-state index contributed by atoms with van der Waals surface area (Å²) in [5, 5.41) is 4.00. The molecular formula is C28H37Cl2N3O5S. The highest BCUT2D eigenvalue weighted by Gasteiger charge is 2.30. The third-order valence-corrected chi connectivity index (χ3v) is 8.67. The van der Waals surface area contributed by atoms with Crippen molar-refractivity contribution in [3.8, 4) is 5.75 Å². The average Bonchev–Trinajstić information content (AvgIpc) is 3.39. The van der Waals surface area contributed by atoms with E-state index in [1.807, 2.05) is 19.1 Å². The van der Waals surface area contributed by atoms with Gasteiger partial charge in [-0.25, -0.2) is 8.42 Å². The quantitative estimate of drug-likeness (QED) is 0.333. The first-order valence-electron chi connectivity index (χ1n) is 13.2. The number of nitrogens with one attached hydrogen (secondary N) is 1. The van der Waals surface area contributed by atoms with Gasteiger partial charge in [-0.15, -0.1) is 0 Å². The Balaban J connectivity index is 1.76. The smallest absolute Gasteiger partial charge is 0.243 e. The minimum Gasteiger partial charge on any atom is -0.495 e. The van der Waals surface area contributed by atoms with Gasteiger partial charge in [-0.2, -0.15) is 0 Å². The maximum atomic E-state index is 13.6. The highest BCUT2D eigenvalue weighted by atomic mass is 35.5. The Labute approximate surface area is 241 Å². The number of halogens is 2. The van der Waals surface area contributed by atoms with Gasteiger partial charge in [0.1, 0.15) is 11.8 Å². The molecule has 2 aromatic rings. The summed E-state index contributed by atoms with van der Waals surface area (Å²) in [4.78, 5) is 28.4. The molecule has 8 nitrogen and oxygen atoms in total. The lowest BCUT2D eigenvalue weighted by Crippen LogP contribution is -2.51. The van der Waals surface area contributed by atoms with Crippen molar-refractivity contribution in [3.05, 3.63) is 58.1 Å². The van der Waals surface area contributed by atoms with E-state index in [1.165, 1.54) is 17.5 Å². The van der Waals surface area contributed by atoms with E-state index in [2.05, 4.69) is 5.32 Å². The van der Waals surface area contributed by atoms with Crippen molar-refractivity contribution < 1.29 is 22.7 Å². The standard InChI is InChI=1S/C28H37Cl2N3O5S/c1-4-25(28(35)31-22-8-5-6-9-22)32(19-20-11-13-21(29)14-12-20)27(34)10-7-17-33(39(3,36)37)23-15-16-26(38-2)24(30)18-23/h11-16,18,22,25H,4-10,17,19H2,1-3H3,(H,31,35)/t25-/m0/s1. The van der Waals surface area contributed by atoms with Crippen LogP contribution in [0.1, 0.15) is 57.4 Å². The maximum Gasteiger partial charge on any atom is 0.243 e. The van der Waals surface area contributed by atoms with E-state index in [-0.39, 0.29) is 48.8 Å². The number of hydrogen-bond donors (Lipinski definition) is 1. The van der Waals surface area contributed by atoms with Gasteiger partial charge in [0.05, 0.1) is 24.1 Å². The van der Waals surface area contributed by atoms with Gasteiger partial charge in [-0.05, 0) is 61.6 Å². The molecule has 0 saturated heterocycles. The van der Waals surface area contributed by atoms with Crippen molar-refractivity contribution in [2.24, 2.45) is 0 Å². The lowest BCUT2D eigenvalue weighted by molar-refractivity contribution is -0.141. The normalized spacial score (nSPS) is 14.6. The van der Waals surface area contributed by atoms with E-state index < -0.39 is 16.1 Å². The molecule has 2 amide bonds. The number of carbonyl (C=O) groups is 2. The van der Waals surface area contributed by atoms with E-state index in [0.717, 1.165) is 37.5 Å². The Morgan fingerprint density at radius 3 is 2.33 bits per heavy atom. The van der Waals surface area contributed by atoms with Gasteiger partial charge in [-0.3, -0.25) is 13.9 Å². The first-order valence-corrected chi connectivity index (χ1v) is 15.8. The van der Waals surface area contributed by atoms with Gasteiger partial charge in [0.25, 0.3) is 0 Å². The van der Waals surface area contributed by atoms with Crippen LogP contribution in [-0.2, 0) is 26.2 Å². The Kier molecular flexibility index (Phi) is 11.3. The number of hydrogen-bond acceptors (Lipinski definition) is 5. The second-order valence-corrected chi connectivity index (χ2v) is 12.6. The molecule has 1 N–H and O–H groups in total. The summed E-state index contributed by atoms with van der Waals surface area (Å²) < 4.78 is 31.5. The minimum atomic E-state index is -3.64. The van der Waals surface area contributed by atoms with Crippen LogP contribution in [0.3, 0.4) is 0 Å². The molecule has 1 aliphatic rings. The number of amides is 2. The fourth-order valence-corrected chi connectivity index (χ4v) is 6.22. The first-order chi connectivity index (χ1) is 18.5. The molecule has 0 unspecified atom stereocenters. The lowest BCUT2D eigenvalue weighted by atomic mass is 10.1. The molecular weight excluding hydrogens is 561 g/mol. The van der Waals surface area contributed by atoms with Crippen LogP contribution in [0.5, 0.6) is 5.75 Å². The third kappa shape index (κ3) is 8.75. The molecule has 2 aromatic carbocycles. The molecule has 1 fully saturated rings. The van der Waals surface area contributed by atoms with Gasteiger partial charge < -0.3 is 15.0 Å². The third-order valence-electron chi connectivity index (χ3n) is 6.93. The number of sulfonamides is 1. The molecule has 1 aliphatic carbocycles. The molecule has 0 heterocycles. The zero-order valence-corrected chi connectivity index (χ0v) is 25.0. The van der Waals surface area contributed by atoms with Crippen LogP contribution in [0.15, 0.2) is 42.5 Å². The van der Waals surface area contributed by atoms with Crippen molar-refractivity contribution in [3.63, 3.8) is 0 Å². The summed E-state index contributed by atoms with van der Waals surface area (Å²) in [6.07, 6.45) is 5.97. The van der Waals surface area contributed by atoms with Crippen LogP contribution >= 0.6 is 23.2 Å². The molecule has 0 aromatic heterocycles. The number of rotatable bonds is 13. The molecule has 0 spiro atoms. The van der Waals surface area contributed by atoms with E-state index >= 15 is 0 Å². The topological polar surface area (TPSA) is 96.0 Å². The molecule has 0 radical (unpaired) electrons. The van der Waals surface area contributed by atoms with E-state index in [4.69, 9.17) is 27.9 Å². The molecule has 0 aliphatic heterocycles. The highest BCUT2D eigenvalue weighted by Crippen LogP contribution is 2.30. The number of benzene rings is 2. The van der Waals surface area contributed by atoms with E-state index in [9.17, 15) is 18.0 Å². The Bertz CT molecular complexity index is 1230. The second-order valence-electron chi connectivity index (χ2n) is 9.82. The van der Waals surface area contributed by atoms with Crippen LogP contribution in [0.25, 0.3) is 0 Å². The summed E-state index contributed by atoms with van der Waals surface area (Å²) in [5.41, 5.74) is 1.24. The van der Waals surface area contributed by atoms with Crippen molar-refractivity contribution >= 4 is 50.7 Å². The first kappa shape index (κ1) is 31.0. The van der Waals surface area contributed by atoms with E-state index in [1.54, 1.807) is 29.2 Å². The Morgan fingerprint density at radius 1 is 1.10 bits per heavy atom. The van der Waals surface area contributed by atoms with Crippen LogP contribution < -0.4 is 14.4 Å². The summed E-state index contributed by atoms with van der Waals surface area (Å²) in [5.74, 6) is 0.0558. The summed E-state index contributed by atoms with van der Waals surface area (Å²) >= 11 is 12.3. The van der Waals surface area contributed by atoms with Crippen LogP contribution in [-0.4, -0.2) is 57.1 Å². The van der Waals surface area contributed by atoms with Gasteiger partial charge >= 0.3 is 0 Å². The maximum absolute atomic E-state index is 13.6. The monoisotopic (exact) mass is 597 g/mol. The number of nitrogens with zero attached hydrogens (tertiary/aromatic N) is 2. The van der Waals surface area contributed by atoms with Crippen molar-refractivity contribution in [2.45, 2.75) is 70.5 Å². The van der Waals surface area contributed by atoms with E-state index in [0.29, 0.717) is 22.9 Å². The van der Waals surface area contributed by atoms with Gasteiger partial charge in [0, 0.05) is 30.6 Å². The van der Waals surface area contributed by atoms with Crippen LogP contribution in [0.2, 0.25) is 10.0 Å². The van der Waals surface area contributed by atoms with Gasteiger partial charge in [-0.1, -0.05) is 55.1 Å². The fourth-order valence-electron chi connectivity index (χ4n) is 4.89. The Hall–Kier alpha value is -2.49. The largest absolute Gasteiger partial charge is 0.495 e. The van der Waals surface area contributed by atoms with Gasteiger partial charge in [0.15, 0.2) is 0 Å². The summed E-state index contributed by atoms with van der Waals surface area (Å²) in [6, 6.07) is 11.4. The predicted octanol–water partition coefficient (Wildman–Crippen LogP) is 5.41. The molecule has 1 saturated carbocycles. The van der Waals surface area contributed by atoms with Crippen molar-refractivity contribution in [1.82, 2.24) is 10.2 Å². The number of carbonyl (C=O) groups excluding carboxylic acids is 2. The summed E-state index contributed by atoms with van der Waals surface area (Å²) in [6.45, 7) is 2.21. The number of ether oxygens (including phenoxy) is 1. The van der Waals surface area contributed by atoms with Gasteiger partial charge in [0.2, 0.25) is 21.8 Å². The molecule has 3 rings (SSSR count). The average molecular weight is 599 g/mol. The SMILES string of the molecule is CC[C@@H](C(=O)NC1CCCC1)N(Cc1ccc(Cl)cc1)C(=O)CCCN(c1ccc(OC)c(Cl)c1)S(C)(=O)=O. The predicted molar refractivity (Wildman–Crippen MR) is 156 cm³/mol. The van der Waals surface area contributed by atoms with Crippen molar-refractivity contribution in [1.29, 1.82) is 0 Å².